The zero-order valence-electron chi connectivity index (χ0n) is 37.8. The van der Waals surface area contributed by atoms with E-state index >= 15 is 0 Å². The van der Waals surface area contributed by atoms with E-state index in [-0.39, 0.29) is 35.6 Å². The molecule has 6 aromatic carbocycles. The summed E-state index contributed by atoms with van der Waals surface area (Å²) in [7, 11) is 0. The molecule has 0 aliphatic heterocycles. The fourth-order valence-corrected chi connectivity index (χ4v) is 9.49. The normalized spacial score (nSPS) is 16.0. The van der Waals surface area contributed by atoms with Crippen LogP contribution in [0.1, 0.15) is 122 Å². The molecule has 1 unspecified atom stereocenters. The van der Waals surface area contributed by atoms with Crippen LogP contribution >= 0.6 is 24.8 Å². The average Bonchev–Trinajstić information content (AvgIpc) is 3.83. The van der Waals surface area contributed by atoms with Gasteiger partial charge < -0.3 is 0 Å². The molecule has 0 bridgehead atoms. The van der Waals surface area contributed by atoms with Gasteiger partial charge in [0.1, 0.15) is 0 Å². The molecule has 61 heavy (non-hydrogen) atoms. The van der Waals surface area contributed by atoms with E-state index in [0.717, 1.165) is 6.42 Å². The Balaban J connectivity index is 0.000000206. The second kappa shape index (κ2) is 20.3. The first-order chi connectivity index (χ1) is 28.1. The van der Waals surface area contributed by atoms with Crippen molar-refractivity contribution in [2.45, 2.75) is 112 Å². The van der Waals surface area contributed by atoms with Crippen molar-refractivity contribution in [1.82, 2.24) is 0 Å². The summed E-state index contributed by atoms with van der Waals surface area (Å²) in [4.78, 5) is 0. The van der Waals surface area contributed by atoms with Crippen LogP contribution in [0, 0.1) is 23.5 Å². The predicted octanol–water partition coefficient (Wildman–Crippen LogP) is 16.6. The molecule has 0 aromatic heterocycles. The van der Waals surface area contributed by atoms with Gasteiger partial charge in [0.25, 0.3) is 0 Å². The second-order valence-electron chi connectivity index (χ2n) is 19.4. The molecule has 0 nitrogen and oxygen atoms in total. The molecule has 3 heteroatoms. The molecule has 6 aromatic rings. The summed E-state index contributed by atoms with van der Waals surface area (Å²) in [5.74, 6) is 0.550. The number of halogens is 2. The van der Waals surface area contributed by atoms with Gasteiger partial charge in [-0.1, -0.05) is 188 Å². The van der Waals surface area contributed by atoms with Crippen LogP contribution in [0.15, 0.2) is 139 Å². The number of hydrogen-bond acceptors (Lipinski definition) is 0. The minimum absolute atomic E-state index is 0. The minimum atomic E-state index is 0. The van der Waals surface area contributed by atoms with Gasteiger partial charge in [-0.15, -0.1) is 53.6 Å². The molecule has 0 heterocycles. The van der Waals surface area contributed by atoms with Gasteiger partial charge in [0.2, 0.25) is 0 Å². The Morgan fingerprint density at radius 3 is 1.79 bits per heavy atom. The fourth-order valence-electron chi connectivity index (χ4n) is 9.11. The quantitative estimate of drug-likeness (QED) is 0.154. The Bertz CT molecular complexity index is 2400. The minimum Gasteiger partial charge on any atom is -0.147 e. The maximum atomic E-state index is 3.88. The van der Waals surface area contributed by atoms with E-state index in [1.54, 1.807) is 5.57 Å². The van der Waals surface area contributed by atoms with Crippen LogP contribution in [-0.2, 0) is 41.5 Å². The summed E-state index contributed by atoms with van der Waals surface area (Å²) in [5, 5.41) is 2.66. The van der Waals surface area contributed by atoms with Gasteiger partial charge in [0.15, 0.2) is 0 Å². The average molecular weight is 923 g/mol. The van der Waals surface area contributed by atoms with Crippen LogP contribution < -0.4 is 0 Å². The van der Waals surface area contributed by atoms with Gasteiger partial charge in [-0.3, -0.25) is 6.08 Å². The van der Waals surface area contributed by atoms with Crippen molar-refractivity contribution in [3.8, 4) is 33.4 Å². The molecule has 1 fully saturated rings. The fraction of sp³-hybridized carbons (Fsp3) is 0.328. The van der Waals surface area contributed by atoms with E-state index in [0.29, 0.717) is 11.3 Å². The third-order valence-electron chi connectivity index (χ3n) is 12.6. The molecule has 9 rings (SSSR count). The molecule has 3 aliphatic rings. The number of benzene rings is 6. The van der Waals surface area contributed by atoms with Crippen molar-refractivity contribution in [3.63, 3.8) is 0 Å². The maximum absolute atomic E-state index is 3.88. The van der Waals surface area contributed by atoms with Crippen molar-refractivity contribution in [2.24, 2.45) is 11.3 Å². The first-order valence-electron chi connectivity index (χ1n) is 21.8. The molecule has 314 valence electrons. The van der Waals surface area contributed by atoms with Crippen molar-refractivity contribution >= 4 is 38.8 Å². The molecule has 0 radical (unpaired) electrons. The third-order valence-corrected chi connectivity index (χ3v) is 13.3. The predicted molar refractivity (Wildman–Crippen MR) is 266 cm³/mol. The summed E-state index contributed by atoms with van der Waals surface area (Å²) in [6.45, 7) is 20.7. The SMILES string of the molecule is CC(C)(C)c1cc2c([c-]c1-c1ccccc1)Cc1cc(-c3ccccc3)c(C(C)(C)C)cc1-2.CC1[C-]=CC(C2(C)CCCCC2)=C1.C[C](=[Zr+2])c1ccc2ccccc2c1.Cl.Cl. The van der Waals surface area contributed by atoms with E-state index in [9.17, 15) is 0 Å². The molecule has 0 saturated heterocycles. The zero-order chi connectivity index (χ0) is 42.0. The topological polar surface area (TPSA) is 0 Å². The number of hydrogen-bond donors (Lipinski definition) is 0. The van der Waals surface area contributed by atoms with E-state index in [1.165, 1.54) is 132 Å². The zero-order valence-corrected chi connectivity index (χ0v) is 41.9. The smallest absolute Gasteiger partial charge is 0.147 e. The van der Waals surface area contributed by atoms with E-state index in [4.69, 9.17) is 0 Å². The molecule has 1 saturated carbocycles. The van der Waals surface area contributed by atoms with Crippen molar-refractivity contribution in [2.75, 3.05) is 0 Å². The summed E-state index contributed by atoms with van der Waals surface area (Å²) in [5.41, 5.74) is 16.9. The Morgan fingerprint density at radius 2 is 1.21 bits per heavy atom. The molecule has 1 atom stereocenters. The van der Waals surface area contributed by atoms with Gasteiger partial charge in [0, 0.05) is 0 Å². The second-order valence-corrected chi connectivity index (χ2v) is 21.3. The Morgan fingerprint density at radius 1 is 0.639 bits per heavy atom. The number of allylic oxidation sites excluding steroid dienone is 4. The van der Waals surface area contributed by atoms with Gasteiger partial charge in [0.05, 0.1) is 0 Å². The van der Waals surface area contributed by atoms with Gasteiger partial charge in [-0.05, 0) is 39.5 Å². The van der Waals surface area contributed by atoms with Gasteiger partial charge in [-0.25, -0.2) is 6.08 Å². The number of rotatable bonds is 4. The Hall–Kier alpha value is -3.61. The summed E-state index contributed by atoms with van der Waals surface area (Å²) < 4.78 is 1.46. The van der Waals surface area contributed by atoms with Crippen LogP contribution in [0.3, 0.4) is 0 Å². The first-order valence-corrected chi connectivity index (χ1v) is 23.1. The molecule has 0 amide bonds. The number of fused-ring (bicyclic) bond motifs is 4. The molecular formula is C58H64Cl2Zr. The summed E-state index contributed by atoms with van der Waals surface area (Å²) in [6.07, 6.45) is 16.0. The first kappa shape index (κ1) is 48.4. The van der Waals surface area contributed by atoms with Crippen LogP contribution in [0.25, 0.3) is 44.2 Å². The van der Waals surface area contributed by atoms with E-state index in [2.05, 4.69) is 208 Å². The Labute approximate surface area is 395 Å². The summed E-state index contributed by atoms with van der Waals surface area (Å²) >= 11 is 1.50. The monoisotopic (exact) mass is 920 g/mol. The standard InChI is InChI=1S/C33H33.C13H19.C12H10.2ClH.Zr/c1-32(2,3)30-20-26-24(18-28(30)22-13-9-7-10-14-22)17-25-19-29(23-15-11-8-12-16-23)31(21-27(25)26)33(4,5)6;1-11-6-7-12(10-11)13(2)8-4-3-5-9-13;1-2-10-7-8-11-5-3-4-6-12(11)9-10;;;/h7-16,18,20-21H,17H2,1-6H3;7,10-11H,3-5,8-9H2,1-2H3;3-9H,1H3;2*1H;/q2*-1;;;;+2. The third kappa shape index (κ3) is 11.3. The molecular weight excluding hydrogens is 859 g/mol. The van der Waals surface area contributed by atoms with E-state index < -0.39 is 0 Å². The van der Waals surface area contributed by atoms with Crippen LogP contribution in [0.2, 0.25) is 0 Å². The van der Waals surface area contributed by atoms with E-state index in [1.807, 2.05) is 0 Å². The Kier molecular flexibility index (Phi) is 16.1. The largest absolute Gasteiger partial charge is 0.147 e. The summed E-state index contributed by atoms with van der Waals surface area (Å²) in [6, 6.07) is 48.0. The maximum Gasteiger partial charge on any atom is -0.147 e. The van der Waals surface area contributed by atoms with Crippen molar-refractivity contribution in [1.29, 1.82) is 0 Å². The van der Waals surface area contributed by atoms with Crippen LogP contribution in [0.4, 0.5) is 0 Å². The van der Waals surface area contributed by atoms with Gasteiger partial charge in [-0.2, -0.15) is 11.6 Å². The van der Waals surface area contributed by atoms with Crippen LogP contribution in [-0.4, -0.2) is 3.21 Å². The van der Waals surface area contributed by atoms with Crippen LogP contribution in [0.5, 0.6) is 0 Å². The van der Waals surface area contributed by atoms with Gasteiger partial charge >= 0.3 is 93.2 Å². The molecule has 0 spiro atoms. The molecule has 0 N–H and O–H groups in total. The van der Waals surface area contributed by atoms with Crippen molar-refractivity contribution < 1.29 is 24.2 Å². The molecule has 3 aliphatic carbocycles. The van der Waals surface area contributed by atoms with Crippen molar-refractivity contribution in [3.05, 3.63) is 179 Å².